The number of imidazole rings is 1. The number of fused-ring (bicyclic) bond motifs is 1. The first-order chi connectivity index (χ1) is 12.5. The van der Waals surface area contributed by atoms with Crippen LogP contribution in [0.15, 0.2) is 35.1 Å². The molecule has 136 valence electrons. The summed E-state index contributed by atoms with van der Waals surface area (Å²) in [5, 5.41) is 3.31. The van der Waals surface area contributed by atoms with Gasteiger partial charge in [0.25, 0.3) is 0 Å². The van der Waals surface area contributed by atoms with Crippen molar-refractivity contribution in [2.45, 2.75) is 13.5 Å². The summed E-state index contributed by atoms with van der Waals surface area (Å²) >= 11 is 9.50. The molecule has 26 heavy (non-hydrogen) atoms. The van der Waals surface area contributed by atoms with Crippen molar-refractivity contribution in [3.8, 4) is 0 Å². The molecule has 0 saturated heterocycles. The van der Waals surface area contributed by atoms with E-state index in [1.807, 2.05) is 6.92 Å². The number of hydrogen-bond acceptors (Lipinski definition) is 4. The van der Waals surface area contributed by atoms with Crippen LogP contribution in [0.1, 0.15) is 17.3 Å². The van der Waals surface area contributed by atoms with Crippen LogP contribution in [0.3, 0.4) is 0 Å². The molecule has 0 atom stereocenters. The van der Waals surface area contributed by atoms with E-state index >= 15 is 4.39 Å². The van der Waals surface area contributed by atoms with Crippen LogP contribution in [0.4, 0.5) is 15.8 Å². The first-order valence-electron chi connectivity index (χ1n) is 7.97. The molecule has 5 nitrogen and oxygen atoms in total. The molecule has 0 unspecified atom stereocenters. The number of rotatable bonds is 7. The van der Waals surface area contributed by atoms with Crippen molar-refractivity contribution in [3.05, 3.63) is 51.5 Å². The Labute approximate surface area is 163 Å². The van der Waals surface area contributed by atoms with Gasteiger partial charge in [-0.05, 0) is 31.2 Å². The summed E-state index contributed by atoms with van der Waals surface area (Å²) in [6, 6.07) is 6.77. The molecule has 8 heteroatoms. The second-order valence-corrected chi connectivity index (χ2v) is 6.85. The van der Waals surface area contributed by atoms with E-state index in [2.05, 4.69) is 26.2 Å². The molecule has 0 bridgehead atoms. The molecule has 0 saturated carbocycles. The summed E-state index contributed by atoms with van der Waals surface area (Å²) in [5.74, 6) is -0.598. The van der Waals surface area contributed by atoms with Crippen LogP contribution in [-0.2, 0) is 11.3 Å². The van der Waals surface area contributed by atoms with E-state index in [-0.39, 0.29) is 16.8 Å². The van der Waals surface area contributed by atoms with Crippen molar-refractivity contribution in [2.24, 2.45) is 0 Å². The van der Waals surface area contributed by atoms with Gasteiger partial charge in [0, 0.05) is 23.2 Å². The Bertz CT molecular complexity index is 961. The van der Waals surface area contributed by atoms with E-state index in [0.29, 0.717) is 42.3 Å². The molecule has 1 aromatic heterocycles. The van der Waals surface area contributed by atoms with Crippen LogP contribution < -0.4 is 5.32 Å². The highest BCUT2D eigenvalue weighted by molar-refractivity contribution is 9.10. The quantitative estimate of drug-likeness (QED) is 0.406. The number of hydrogen-bond donors (Lipinski definition) is 1. The lowest BCUT2D eigenvalue weighted by atomic mass is 10.1. The van der Waals surface area contributed by atoms with Gasteiger partial charge in [-0.2, -0.15) is 0 Å². The van der Waals surface area contributed by atoms with Crippen molar-refractivity contribution >= 4 is 56.2 Å². The van der Waals surface area contributed by atoms with Crippen LogP contribution in [0.2, 0.25) is 5.02 Å². The van der Waals surface area contributed by atoms with Gasteiger partial charge in [-0.15, -0.1) is 0 Å². The SMILES string of the molecule is CCOCCn1cnc2c(F)c(Nc3ccc(Br)cc3Cl)c(C=O)cc21. The lowest BCUT2D eigenvalue weighted by molar-refractivity contribution is 0.112. The summed E-state index contributed by atoms with van der Waals surface area (Å²) in [6.07, 6.45) is 2.15. The minimum absolute atomic E-state index is 0.0479. The second-order valence-electron chi connectivity index (χ2n) is 5.52. The average molecular weight is 441 g/mol. The van der Waals surface area contributed by atoms with Crippen molar-refractivity contribution in [1.29, 1.82) is 0 Å². The van der Waals surface area contributed by atoms with Crippen LogP contribution in [0.25, 0.3) is 11.0 Å². The van der Waals surface area contributed by atoms with Gasteiger partial charge in [-0.3, -0.25) is 4.79 Å². The van der Waals surface area contributed by atoms with Gasteiger partial charge >= 0.3 is 0 Å². The van der Waals surface area contributed by atoms with Gasteiger partial charge in [0.15, 0.2) is 12.1 Å². The van der Waals surface area contributed by atoms with E-state index < -0.39 is 5.82 Å². The average Bonchev–Trinajstić information content (AvgIpc) is 3.02. The summed E-state index contributed by atoms with van der Waals surface area (Å²) in [7, 11) is 0. The van der Waals surface area contributed by atoms with Crippen molar-refractivity contribution in [1.82, 2.24) is 9.55 Å². The summed E-state index contributed by atoms with van der Waals surface area (Å²) in [4.78, 5) is 15.7. The number of aldehydes is 1. The zero-order valence-corrected chi connectivity index (χ0v) is 16.3. The number of halogens is 3. The Morgan fingerprint density at radius 3 is 2.92 bits per heavy atom. The zero-order valence-electron chi connectivity index (χ0n) is 13.9. The molecular formula is C18H16BrClFN3O2. The maximum atomic E-state index is 15.0. The van der Waals surface area contributed by atoms with E-state index in [1.54, 1.807) is 28.8 Å². The number of benzene rings is 2. The number of carbonyl (C=O) groups excluding carboxylic acids is 1. The largest absolute Gasteiger partial charge is 0.380 e. The highest BCUT2D eigenvalue weighted by Crippen LogP contribution is 2.33. The van der Waals surface area contributed by atoms with Crippen LogP contribution in [0, 0.1) is 5.82 Å². The Morgan fingerprint density at radius 2 is 2.23 bits per heavy atom. The fraction of sp³-hybridized carbons (Fsp3) is 0.222. The number of nitrogens with zero attached hydrogens (tertiary/aromatic N) is 2. The van der Waals surface area contributed by atoms with Crippen molar-refractivity contribution in [2.75, 3.05) is 18.5 Å². The standard InChI is InChI=1S/C18H16BrClFN3O2/c1-2-26-6-5-24-10-22-18-15(24)7-11(9-25)17(16(18)21)23-14-4-3-12(19)8-13(14)20/h3-4,7-10,23H,2,5-6H2,1H3. The smallest absolute Gasteiger partial charge is 0.175 e. The summed E-state index contributed by atoms with van der Waals surface area (Å²) in [5.41, 5.74) is 1.45. The maximum Gasteiger partial charge on any atom is 0.175 e. The molecule has 0 amide bonds. The normalized spacial score (nSPS) is 11.1. The third kappa shape index (κ3) is 3.75. The predicted octanol–water partition coefficient (Wildman–Crippen LogP) is 5.18. The molecular weight excluding hydrogens is 425 g/mol. The first kappa shape index (κ1) is 18.8. The molecule has 1 N–H and O–H groups in total. The summed E-state index contributed by atoms with van der Waals surface area (Å²) < 4.78 is 22.9. The third-order valence-electron chi connectivity index (χ3n) is 3.88. The molecule has 0 aliphatic heterocycles. The molecule has 2 aromatic carbocycles. The number of ether oxygens (including phenoxy) is 1. The summed E-state index contributed by atoms with van der Waals surface area (Å²) in [6.45, 7) is 3.51. The molecule has 1 heterocycles. The van der Waals surface area contributed by atoms with E-state index in [9.17, 15) is 4.79 Å². The van der Waals surface area contributed by atoms with Crippen molar-refractivity contribution in [3.63, 3.8) is 0 Å². The fourth-order valence-electron chi connectivity index (χ4n) is 2.61. The molecule has 0 fully saturated rings. The molecule has 3 aromatic rings. The van der Waals surface area contributed by atoms with Crippen LogP contribution in [-0.4, -0.2) is 29.1 Å². The van der Waals surface area contributed by atoms with Gasteiger partial charge in [-0.25, -0.2) is 9.37 Å². The van der Waals surface area contributed by atoms with Gasteiger partial charge in [-0.1, -0.05) is 27.5 Å². The number of carbonyl (C=O) groups is 1. The minimum atomic E-state index is -0.598. The lowest BCUT2D eigenvalue weighted by Crippen LogP contribution is -2.06. The lowest BCUT2D eigenvalue weighted by Gasteiger charge is -2.13. The number of anilines is 2. The molecule has 0 aliphatic carbocycles. The van der Waals surface area contributed by atoms with Crippen molar-refractivity contribution < 1.29 is 13.9 Å². The third-order valence-corrected chi connectivity index (χ3v) is 4.69. The highest BCUT2D eigenvalue weighted by Gasteiger charge is 2.18. The van der Waals surface area contributed by atoms with Gasteiger partial charge in [0.1, 0.15) is 5.52 Å². The molecule has 0 aliphatic rings. The number of aromatic nitrogens is 2. The van der Waals surface area contributed by atoms with E-state index in [1.165, 1.54) is 6.33 Å². The predicted molar refractivity (Wildman–Crippen MR) is 104 cm³/mol. The molecule has 3 rings (SSSR count). The Morgan fingerprint density at radius 1 is 1.42 bits per heavy atom. The Balaban J connectivity index is 2.03. The fourth-order valence-corrected chi connectivity index (χ4v) is 3.33. The molecule has 0 spiro atoms. The van der Waals surface area contributed by atoms with Crippen LogP contribution in [0.5, 0.6) is 0 Å². The van der Waals surface area contributed by atoms with Gasteiger partial charge < -0.3 is 14.6 Å². The highest BCUT2D eigenvalue weighted by atomic mass is 79.9. The van der Waals surface area contributed by atoms with Crippen LogP contribution >= 0.6 is 27.5 Å². The second kappa shape index (κ2) is 8.16. The van der Waals surface area contributed by atoms with Gasteiger partial charge in [0.05, 0.1) is 34.8 Å². The Hall–Kier alpha value is -1.96. The molecule has 0 radical (unpaired) electrons. The maximum absolute atomic E-state index is 15.0. The Kier molecular flexibility index (Phi) is 5.90. The topological polar surface area (TPSA) is 56.1 Å². The minimum Gasteiger partial charge on any atom is -0.380 e. The zero-order chi connectivity index (χ0) is 18.7. The monoisotopic (exact) mass is 439 g/mol. The van der Waals surface area contributed by atoms with E-state index in [0.717, 1.165) is 4.47 Å². The van der Waals surface area contributed by atoms with E-state index in [4.69, 9.17) is 16.3 Å². The van der Waals surface area contributed by atoms with Gasteiger partial charge in [0.2, 0.25) is 0 Å². The first-order valence-corrected chi connectivity index (χ1v) is 9.14. The number of nitrogens with one attached hydrogen (secondary N) is 1.